The Bertz CT molecular complexity index is 1450. The fraction of sp³-hybridized carbons (Fsp3) is 0.432. The molecular weight excluding hydrogens is 632 g/mol. The highest BCUT2D eigenvalue weighted by atomic mass is 16.7. The Labute approximate surface area is 287 Å². The van der Waals surface area contributed by atoms with Gasteiger partial charge in [0.1, 0.15) is 30.0 Å². The fourth-order valence-electron chi connectivity index (χ4n) is 5.18. The van der Waals surface area contributed by atoms with Gasteiger partial charge in [0.25, 0.3) is 0 Å². The van der Waals surface area contributed by atoms with E-state index in [2.05, 4.69) is 10.6 Å². The van der Waals surface area contributed by atoms with E-state index in [9.17, 15) is 19.5 Å². The van der Waals surface area contributed by atoms with E-state index in [-0.39, 0.29) is 19.8 Å². The van der Waals surface area contributed by atoms with E-state index in [1.165, 1.54) is 6.92 Å². The van der Waals surface area contributed by atoms with E-state index in [0.717, 1.165) is 16.7 Å². The van der Waals surface area contributed by atoms with Crippen molar-refractivity contribution in [2.45, 2.75) is 89.8 Å². The lowest BCUT2D eigenvalue weighted by Crippen LogP contribution is -2.66. The van der Waals surface area contributed by atoms with Gasteiger partial charge in [-0.15, -0.1) is 0 Å². The molecular formula is C37H46N2O10. The van der Waals surface area contributed by atoms with Gasteiger partial charge in [-0.05, 0) is 37.5 Å². The Morgan fingerprint density at radius 3 is 1.78 bits per heavy atom. The number of carboxylic acid groups (broad SMARTS) is 1. The van der Waals surface area contributed by atoms with E-state index in [1.807, 2.05) is 91.0 Å². The molecule has 0 aromatic heterocycles. The van der Waals surface area contributed by atoms with Gasteiger partial charge in [0.2, 0.25) is 5.91 Å². The molecule has 49 heavy (non-hydrogen) atoms. The summed E-state index contributed by atoms with van der Waals surface area (Å²) in [7, 11) is 0. The van der Waals surface area contributed by atoms with Crippen LogP contribution in [0.1, 0.15) is 44.4 Å². The third-order valence-corrected chi connectivity index (χ3v) is 7.40. The quantitative estimate of drug-likeness (QED) is 0.196. The number of carbonyl (C=O) groups is 3. The smallest absolute Gasteiger partial charge is 0.408 e. The predicted molar refractivity (Wildman–Crippen MR) is 179 cm³/mol. The number of hydrogen-bond donors (Lipinski definition) is 3. The first kappa shape index (κ1) is 37.5. The van der Waals surface area contributed by atoms with Crippen LogP contribution < -0.4 is 10.6 Å². The number of hydrogen-bond acceptors (Lipinski definition) is 9. The molecule has 6 atom stereocenters. The fourth-order valence-corrected chi connectivity index (χ4v) is 5.18. The topological polar surface area (TPSA) is 151 Å². The Morgan fingerprint density at radius 2 is 1.29 bits per heavy atom. The molecule has 12 nitrogen and oxygen atoms in total. The van der Waals surface area contributed by atoms with Crippen LogP contribution in [0.3, 0.4) is 0 Å². The van der Waals surface area contributed by atoms with Gasteiger partial charge in [-0.2, -0.15) is 0 Å². The van der Waals surface area contributed by atoms with Gasteiger partial charge in [0.15, 0.2) is 12.3 Å². The van der Waals surface area contributed by atoms with Crippen LogP contribution in [0.2, 0.25) is 0 Å². The van der Waals surface area contributed by atoms with E-state index in [4.69, 9.17) is 28.4 Å². The Morgan fingerprint density at radius 1 is 0.776 bits per heavy atom. The molecule has 1 aliphatic rings. The van der Waals surface area contributed by atoms with Crippen molar-refractivity contribution in [2.75, 3.05) is 13.2 Å². The second kappa shape index (κ2) is 18.4. The maximum Gasteiger partial charge on any atom is 0.408 e. The molecule has 0 radical (unpaired) electrons. The highest BCUT2D eigenvalue weighted by Gasteiger charge is 2.49. The van der Waals surface area contributed by atoms with Crippen molar-refractivity contribution in [3.05, 3.63) is 108 Å². The zero-order valence-electron chi connectivity index (χ0n) is 28.3. The van der Waals surface area contributed by atoms with Crippen molar-refractivity contribution in [1.82, 2.24) is 10.6 Å². The molecule has 1 fully saturated rings. The van der Waals surface area contributed by atoms with Gasteiger partial charge in [-0.25, -0.2) is 9.59 Å². The van der Waals surface area contributed by atoms with Gasteiger partial charge in [0.05, 0.1) is 33.0 Å². The third kappa shape index (κ3) is 12.6. The van der Waals surface area contributed by atoms with E-state index >= 15 is 0 Å². The third-order valence-electron chi connectivity index (χ3n) is 7.40. The monoisotopic (exact) mass is 678 g/mol. The number of aliphatic carboxylic acids is 1. The van der Waals surface area contributed by atoms with Crippen molar-refractivity contribution in [2.24, 2.45) is 0 Å². The number of carboxylic acids is 1. The Hall–Kier alpha value is -4.33. The van der Waals surface area contributed by atoms with Crippen molar-refractivity contribution < 1.29 is 47.9 Å². The van der Waals surface area contributed by atoms with Crippen LogP contribution in [0.5, 0.6) is 0 Å². The maximum atomic E-state index is 12.6. The standard InChI is InChI=1S/C37H46N2O10/c1-25(40)38-31-33(46-22-28-18-12-7-13-19-28)32(45-21-27-16-10-6-11-17-27)30(24-44-20-26-14-8-5-9-15-26)48-35(31)47-23-29(34(41)42)39-36(43)49-37(2,3)4/h5-19,29-33,35H,20-24H2,1-4H3,(H,38,40)(H,39,43)(H,41,42)/t29-,30+,31+,32-,33+,35-/m0/s1. The lowest BCUT2D eigenvalue weighted by atomic mass is 9.95. The number of benzene rings is 3. The zero-order valence-corrected chi connectivity index (χ0v) is 28.3. The molecule has 0 saturated carbocycles. The van der Waals surface area contributed by atoms with Crippen molar-refractivity contribution in [3.8, 4) is 0 Å². The molecule has 3 N–H and O–H groups in total. The molecule has 12 heteroatoms. The van der Waals surface area contributed by atoms with Gasteiger partial charge >= 0.3 is 12.1 Å². The lowest BCUT2D eigenvalue weighted by Gasteiger charge is -2.46. The molecule has 1 saturated heterocycles. The number of carbonyl (C=O) groups excluding carboxylic acids is 2. The molecule has 0 unspecified atom stereocenters. The van der Waals surface area contributed by atoms with Crippen LogP contribution in [0.25, 0.3) is 0 Å². The molecule has 2 amide bonds. The first-order chi connectivity index (χ1) is 23.5. The summed E-state index contributed by atoms with van der Waals surface area (Å²) in [5, 5.41) is 15.1. The van der Waals surface area contributed by atoms with Crippen LogP contribution in [-0.4, -0.2) is 78.6 Å². The zero-order chi connectivity index (χ0) is 35.2. The molecule has 0 spiro atoms. The normalized spacial score (nSPS) is 21.3. The van der Waals surface area contributed by atoms with E-state index in [0.29, 0.717) is 6.61 Å². The number of nitrogens with one attached hydrogen (secondary N) is 2. The van der Waals surface area contributed by atoms with Crippen molar-refractivity contribution in [3.63, 3.8) is 0 Å². The largest absolute Gasteiger partial charge is 0.480 e. The van der Waals surface area contributed by atoms with Gasteiger partial charge in [-0.1, -0.05) is 91.0 Å². The minimum Gasteiger partial charge on any atom is -0.480 e. The lowest BCUT2D eigenvalue weighted by molar-refractivity contribution is -0.291. The first-order valence-corrected chi connectivity index (χ1v) is 16.2. The maximum absolute atomic E-state index is 12.6. The van der Waals surface area contributed by atoms with Gasteiger partial charge < -0.3 is 44.2 Å². The van der Waals surface area contributed by atoms with Crippen LogP contribution in [-0.2, 0) is 57.8 Å². The summed E-state index contributed by atoms with van der Waals surface area (Å²) < 4.78 is 36.9. The number of amides is 2. The molecule has 3 aromatic rings. The van der Waals surface area contributed by atoms with Crippen LogP contribution >= 0.6 is 0 Å². The van der Waals surface area contributed by atoms with Gasteiger partial charge in [0, 0.05) is 6.92 Å². The number of rotatable bonds is 16. The molecule has 3 aromatic carbocycles. The van der Waals surface area contributed by atoms with Crippen molar-refractivity contribution in [1.29, 1.82) is 0 Å². The first-order valence-electron chi connectivity index (χ1n) is 16.2. The summed E-state index contributed by atoms with van der Waals surface area (Å²) in [6, 6.07) is 26.3. The van der Waals surface area contributed by atoms with Gasteiger partial charge in [-0.3, -0.25) is 4.79 Å². The number of ether oxygens (including phenoxy) is 6. The molecule has 0 bridgehead atoms. The predicted octanol–water partition coefficient (Wildman–Crippen LogP) is 4.60. The highest BCUT2D eigenvalue weighted by molar-refractivity contribution is 5.80. The molecule has 4 rings (SSSR count). The summed E-state index contributed by atoms with van der Waals surface area (Å²) in [4.78, 5) is 37.2. The second-order valence-corrected chi connectivity index (χ2v) is 12.7. The highest BCUT2D eigenvalue weighted by Crippen LogP contribution is 2.29. The minimum atomic E-state index is -1.49. The molecule has 1 heterocycles. The van der Waals surface area contributed by atoms with E-state index in [1.54, 1.807) is 20.8 Å². The average Bonchev–Trinajstić information content (AvgIpc) is 3.06. The summed E-state index contributed by atoms with van der Waals surface area (Å²) in [5.41, 5.74) is 1.92. The van der Waals surface area contributed by atoms with Crippen LogP contribution in [0, 0.1) is 0 Å². The Kier molecular flexibility index (Phi) is 14.1. The summed E-state index contributed by atoms with van der Waals surface area (Å²) in [5.74, 6) is -1.74. The van der Waals surface area contributed by atoms with Crippen LogP contribution in [0.4, 0.5) is 4.79 Å². The molecule has 1 aliphatic heterocycles. The summed E-state index contributed by atoms with van der Waals surface area (Å²) >= 11 is 0. The minimum absolute atomic E-state index is 0.0602. The van der Waals surface area contributed by atoms with Crippen molar-refractivity contribution >= 4 is 18.0 Å². The van der Waals surface area contributed by atoms with Crippen LogP contribution in [0.15, 0.2) is 91.0 Å². The molecule has 264 valence electrons. The molecule has 0 aliphatic carbocycles. The van der Waals surface area contributed by atoms with E-state index < -0.39 is 66.9 Å². The summed E-state index contributed by atoms with van der Waals surface area (Å²) in [6.07, 6.45) is -4.50. The Balaban J connectivity index is 1.62. The summed E-state index contributed by atoms with van der Waals surface area (Å²) in [6.45, 7) is 6.59. The average molecular weight is 679 g/mol. The second-order valence-electron chi connectivity index (χ2n) is 12.7. The SMILES string of the molecule is CC(=O)N[C@H]1[C@@H](OC[C@H](NC(=O)OC(C)(C)C)C(=O)O)O[C@H](COCc2ccccc2)[C@H](OCc2ccccc2)[C@@H]1OCc1ccccc1. The number of alkyl carbamates (subject to hydrolysis) is 1.